The fourth-order valence-electron chi connectivity index (χ4n) is 2.17. The van der Waals surface area contributed by atoms with Crippen molar-refractivity contribution in [2.45, 2.75) is 45.3 Å². The summed E-state index contributed by atoms with van der Waals surface area (Å²) in [5.74, 6) is 0.135. The molecular formula is C12H24N2O2. The van der Waals surface area contributed by atoms with Crippen LogP contribution in [0.4, 0.5) is 0 Å². The number of nitrogens with one attached hydrogen (secondary N) is 1. The van der Waals surface area contributed by atoms with Crippen LogP contribution in [0.25, 0.3) is 0 Å². The van der Waals surface area contributed by atoms with Crippen LogP contribution >= 0.6 is 0 Å². The molecule has 4 heteroatoms. The van der Waals surface area contributed by atoms with Crippen LogP contribution in [0.15, 0.2) is 0 Å². The van der Waals surface area contributed by atoms with Crippen molar-refractivity contribution in [2.24, 2.45) is 0 Å². The molecule has 1 unspecified atom stereocenters. The van der Waals surface area contributed by atoms with Crippen LogP contribution in [0, 0.1) is 0 Å². The standard InChI is InChI=1S/C12H24N2O2/c1-4-9-14(12(15)10(2)16-3)11-5-7-13-8-6-11/h10-11,13H,4-9H2,1-3H3. The fourth-order valence-corrected chi connectivity index (χ4v) is 2.17. The van der Waals surface area contributed by atoms with Crippen molar-refractivity contribution in [3.63, 3.8) is 0 Å². The molecule has 16 heavy (non-hydrogen) atoms. The average Bonchev–Trinajstić information content (AvgIpc) is 2.35. The van der Waals surface area contributed by atoms with Crippen molar-refractivity contribution in [2.75, 3.05) is 26.7 Å². The smallest absolute Gasteiger partial charge is 0.251 e. The first-order chi connectivity index (χ1) is 7.70. The minimum absolute atomic E-state index is 0.135. The lowest BCUT2D eigenvalue weighted by molar-refractivity contribution is -0.144. The number of ether oxygens (including phenoxy) is 1. The van der Waals surface area contributed by atoms with Crippen LogP contribution in [0.1, 0.15) is 33.1 Å². The molecule has 1 fully saturated rings. The fraction of sp³-hybridized carbons (Fsp3) is 0.917. The number of nitrogens with zero attached hydrogens (tertiary/aromatic N) is 1. The van der Waals surface area contributed by atoms with Crippen molar-refractivity contribution in [1.29, 1.82) is 0 Å². The predicted octanol–water partition coefficient (Wildman–Crippen LogP) is 1.01. The first-order valence-corrected chi connectivity index (χ1v) is 6.24. The zero-order valence-electron chi connectivity index (χ0n) is 10.7. The maximum absolute atomic E-state index is 12.1. The molecule has 1 atom stereocenters. The lowest BCUT2D eigenvalue weighted by atomic mass is 10.0. The van der Waals surface area contributed by atoms with E-state index in [0.717, 1.165) is 38.9 Å². The number of carbonyl (C=O) groups excluding carboxylic acids is 1. The molecule has 4 nitrogen and oxygen atoms in total. The summed E-state index contributed by atoms with van der Waals surface area (Å²) in [6, 6.07) is 0.395. The van der Waals surface area contributed by atoms with Gasteiger partial charge in [0.15, 0.2) is 0 Å². The first-order valence-electron chi connectivity index (χ1n) is 6.24. The highest BCUT2D eigenvalue weighted by molar-refractivity contribution is 5.80. The maximum Gasteiger partial charge on any atom is 0.251 e. The van der Waals surface area contributed by atoms with Crippen molar-refractivity contribution in [3.8, 4) is 0 Å². The normalized spacial score (nSPS) is 19.4. The van der Waals surface area contributed by atoms with Gasteiger partial charge in [-0.1, -0.05) is 6.92 Å². The Bertz CT molecular complexity index is 215. The van der Waals surface area contributed by atoms with Gasteiger partial charge in [-0.3, -0.25) is 4.79 Å². The molecular weight excluding hydrogens is 204 g/mol. The molecule has 0 radical (unpaired) electrons. The lowest BCUT2D eigenvalue weighted by Crippen LogP contribution is -2.49. The second kappa shape index (κ2) is 6.86. The second-order valence-corrected chi connectivity index (χ2v) is 4.39. The average molecular weight is 228 g/mol. The highest BCUT2D eigenvalue weighted by Crippen LogP contribution is 2.14. The molecule has 0 aromatic carbocycles. The van der Waals surface area contributed by atoms with Crippen LogP contribution in [-0.2, 0) is 9.53 Å². The molecule has 0 spiro atoms. The van der Waals surface area contributed by atoms with Gasteiger partial charge >= 0.3 is 0 Å². The predicted molar refractivity (Wildman–Crippen MR) is 64.4 cm³/mol. The molecule has 0 aromatic heterocycles. The maximum atomic E-state index is 12.1. The van der Waals surface area contributed by atoms with E-state index in [2.05, 4.69) is 12.2 Å². The summed E-state index contributed by atoms with van der Waals surface area (Å²) in [4.78, 5) is 14.2. The number of amides is 1. The minimum Gasteiger partial charge on any atom is -0.372 e. The minimum atomic E-state index is -0.318. The Balaban J connectivity index is 2.60. The summed E-state index contributed by atoms with van der Waals surface area (Å²) in [6.45, 7) is 6.81. The van der Waals surface area contributed by atoms with Gasteiger partial charge in [-0.25, -0.2) is 0 Å². The van der Waals surface area contributed by atoms with Gasteiger partial charge < -0.3 is 15.0 Å². The molecule has 1 aliphatic rings. The summed E-state index contributed by atoms with van der Waals surface area (Å²) >= 11 is 0. The number of piperidine rings is 1. The van der Waals surface area contributed by atoms with Gasteiger partial charge in [-0.05, 0) is 39.3 Å². The third-order valence-corrected chi connectivity index (χ3v) is 3.20. The van der Waals surface area contributed by atoms with E-state index in [-0.39, 0.29) is 12.0 Å². The Labute approximate surface area is 98.3 Å². The summed E-state index contributed by atoms with van der Waals surface area (Å²) in [5, 5.41) is 3.32. The van der Waals surface area contributed by atoms with Crippen molar-refractivity contribution in [1.82, 2.24) is 10.2 Å². The third kappa shape index (κ3) is 3.46. The van der Waals surface area contributed by atoms with Crippen molar-refractivity contribution >= 4 is 5.91 Å². The van der Waals surface area contributed by atoms with Crippen molar-refractivity contribution in [3.05, 3.63) is 0 Å². The number of hydrogen-bond donors (Lipinski definition) is 1. The van der Waals surface area contributed by atoms with Gasteiger partial charge in [-0.2, -0.15) is 0 Å². The molecule has 1 aliphatic heterocycles. The Morgan fingerprint density at radius 2 is 2.12 bits per heavy atom. The number of rotatable bonds is 5. The third-order valence-electron chi connectivity index (χ3n) is 3.20. The molecule has 1 N–H and O–H groups in total. The highest BCUT2D eigenvalue weighted by atomic mass is 16.5. The van der Waals surface area contributed by atoms with Crippen LogP contribution in [0.5, 0.6) is 0 Å². The molecule has 1 saturated heterocycles. The summed E-state index contributed by atoms with van der Waals surface area (Å²) in [6.07, 6.45) is 2.80. The number of methoxy groups -OCH3 is 1. The van der Waals surface area contributed by atoms with Gasteiger partial charge in [0.25, 0.3) is 5.91 Å². The highest BCUT2D eigenvalue weighted by Gasteiger charge is 2.27. The van der Waals surface area contributed by atoms with Gasteiger partial charge in [0.05, 0.1) is 0 Å². The van der Waals surface area contributed by atoms with E-state index in [1.807, 2.05) is 11.8 Å². The molecule has 94 valence electrons. The van der Waals surface area contributed by atoms with Crippen LogP contribution in [-0.4, -0.2) is 49.7 Å². The molecule has 0 aliphatic carbocycles. The molecule has 1 rings (SSSR count). The molecule has 1 amide bonds. The van der Waals surface area contributed by atoms with E-state index in [4.69, 9.17) is 4.74 Å². The van der Waals surface area contributed by atoms with E-state index in [1.165, 1.54) is 0 Å². The molecule has 0 aromatic rings. The van der Waals surface area contributed by atoms with E-state index < -0.39 is 0 Å². The van der Waals surface area contributed by atoms with Gasteiger partial charge in [-0.15, -0.1) is 0 Å². The Kier molecular flexibility index (Phi) is 5.77. The van der Waals surface area contributed by atoms with Gasteiger partial charge in [0.2, 0.25) is 0 Å². The van der Waals surface area contributed by atoms with E-state index in [0.29, 0.717) is 6.04 Å². The Morgan fingerprint density at radius 1 is 1.50 bits per heavy atom. The molecule has 0 bridgehead atoms. The van der Waals surface area contributed by atoms with Crippen LogP contribution in [0.2, 0.25) is 0 Å². The zero-order chi connectivity index (χ0) is 12.0. The van der Waals surface area contributed by atoms with E-state index >= 15 is 0 Å². The Hall–Kier alpha value is -0.610. The topological polar surface area (TPSA) is 41.6 Å². The van der Waals surface area contributed by atoms with Crippen LogP contribution < -0.4 is 5.32 Å². The quantitative estimate of drug-likeness (QED) is 0.763. The first kappa shape index (κ1) is 13.5. The molecule has 0 saturated carbocycles. The van der Waals surface area contributed by atoms with Gasteiger partial charge in [0, 0.05) is 19.7 Å². The summed E-state index contributed by atoms with van der Waals surface area (Å²) in [7, 11) is 1.59. The van der Waals surface area contributed by atoms with Gasteiger partial charge in [0.1, 0.15) is 6.10 Å². The Morgan fingerprint density at radius 3 is 2.62 bits per heavy atom. The zero-order valence-corrected chi connectivity index (χ0v) is 10.7. The number of hydrogen-bond acceptors (Lipinski definition) is 3. The second-order valence-electron chi connectivity index (χ2n) is 4.39. The molecule has 1 heterocycles. The largest absolute Gasteiger partial charge is 0.372 e. The SMILES string of the molecule is CCCN(C(=O)C(C)OC)C1CCNCC1. The van der Waals surface area contributed by atoms with Crippen molar-refractivity contribution < 1.29 is 9.53 Å². The monoisotopic (exact) mass is 228 g/mol. The summed E-state index contributed by atoms with van der Waals surface area (Å²) in [5.41, 5.74) is 0. The summed E-state index contributed by atoms with van der Waals surface area (Å²) < 4.78 is 5.12. The van der Waals surface area contributed by atoms with E-state index in [1.54, 1.807) is 7.11 Å². The van der Waals surface area contributed by atoms with E-state index in [9.17, 15) is 4.79 Å². The lowest BCUT2D eigenvalue weighted by Gasteiger charge is -2.35. The van der Waals surface area contributed by atoms with Crippen LogP contribution in [0.3, 0.4) is 0 Å². The number of carbonyl (C=O) groups is 1.